The fourth-order valence-corrected chi connectivity index (χ4v) is 2.78. The first-order chi connectivity index (χ1) is 4.90. The average Bonchev–Trinajstić information content (AvgIpc) is 2.03. The van der Waals surface area contributed by atoms with Gasteiger partial charge in [-0.15, -0.1) is 6.42 Å². The molecular formula is C7H10O3S. The van der Waals surface area contributed by atoms with Gasteiger partial charge in [0.05, 0.1) is 17.3 Å². The molecule has 0 N–H and O–H groups in total. The molecule has 0 aromatic heterocycles. The van der Waals surface area contributed by atoms with Crippen LogP contribution in [0.4, 0.5) is 0 Å². The van der Waals surface area contributed by atoms with Gasteiger partial charge in [-0.1, -0.05) is 5.92 Å². The summed E-state index contributed by atoms with van der Waals surface area (Å²) in [5.41, 5.74) is -0.654. The van der Waals surface area contributed by atoms with Gasteiger partial charge in [0.1, 0.15) is 0 Å². The molecule has 3 nitrogen and oxygen atoms in total. The molecule has 1 heterocycles. The van der Waals surface area contributed by atoms with E-state index in [0.29, 0.717) is 0 Å². The van der Waals surface area contributed by atoms with Crippen molar-refractivity contribution in [1.29, 1.82) is 0 Å². The highest BCUT2D eigenvalue weighted by atomic mass is 32.2. The van der Waals surface area contributed by atoms with Crippen LogP contribution >= 0.6 is 0 Å². The highest BCUT2D eigenvalue weighted by Gasteiger charge is 2.44. The standard InChI is InChI=1S/C7H10O3S/c1-4-7(3)5-11(8,9)10-6(7)2/h1,6H,5H2,2-3H3. The van der Waals surface area contributed by atoms with E-state index in [1.807, 2.05) is 0 Å². The van der Waals surface area contributed by atoms with Crippen LogP contribution in [0, 0.1) is 17.8 Å². The Hall–Kier alpha value is -0.530. The van der Waals surface area contributed by atoms with E-state index in [1.54, 1.807) is 13.8 Å². The van der Waals surface area contributed by atoms with Gasteiger partial charge >= 0.3 is 0 Å². The van der Waals surface area contributed by atoms with Gasteiger partial charge in [0.25, 0.3) is 10.1 Å². The molecule has 11 heavy (non-hydrogen) atoms. The second-order valence-corrected chi connectivity index (χ2v) is 4.60. The number of rotatable bonds is 0. The highest BCUT2D eigenvalue weighted by molar-refractivity contribution is 7.87. The summed E-state index contributed by atoms with van der Waals surface area (Å²) in [6.07, 6.45) is 4.78. The maximum absolute atomic E-state index is 10.9. The van der Waals surface area contributed by atoms with Crippen molar-refractivity contribution in [3.8, 4) is 12.3 Å². The fourth-order valence-electron chi connectivity index (χ4n) is 1.00. The van der Waals surface area contributed by atoms with Crippen molar-refractivity contribution in [2.45, 2.75) is 20.0 Å². The first-order valence-corrected chi connectivity index (χ1v) is 4.86. The minimum atomic E-state index is -3.36. The molecule has 2 atom stereocenters. The summed E-state index contributed by atoms with van der Waals surface area (Å²) in [6.45, 7) is 3.38. The largest absolute Gasteiger partial charge is 0.269 e. The third-order valence-electron chi connectivity index (χ3n) is 1.99. The molecule has 0 spiro atoms. The molecule has 1 fully saturated rings. The van der Waals surface area contributed by atoms with Crippen molar-refractivity contribution in [2.24, 2.45) is 5.41 Å². The molecule has 1 aliphatic heterocycles. The van der Waals surface area contributed by atoms with Crippen LogP contribution in [-0.2, 0) is 14.3 Å². The van der Waals surface area contributed by atoms with Gasteiger partial charge in [0.2, 0.25) is 0 Å². The number of terminal acetylenes is 1. The van der Waals surface area contributed by atoms with Gasteiger partial charge in [0.15, 0.2) is 0 Å². The molecule has 0 amide bonds. The zero-order valence-corrected chi connectivity index (χ0v) is 7.31. The Balaban J connectivity index is 3.02. The molecule has 0 saturated carbocycles. The minimum Gasteiger partial charge on any atom is -0.265 e. The monoisotopic (exact) mass is 174 g/mol. The Morgan fingerprint density at radius 1 is 1.73 bits per heavy atom. The normalized spacial score (nSPS) is 41.7. The Bertz CT molecular complexity index is 298. The topological polar surface area (TPSA) is 43.4 Å². The molecule has 62 valence electrons. The Kier molecular flexibility index (Phi) is 1.73. The summed E-state index contributed by atoms with van der Waals surface area (Å²) in [4.78, 5) is 0. The number of hydrogen-bond acceptors (Lipinski definition) is 3. The zero-order chi connectivity index (χ0) is 8.70. The smallest absolute Gasteiger partial charge is 0.265 e. The van der Waals surface area contributed by atoms with Gasteiger partial charge < -0.3 is 0 Å². The van der Waals surface area contributed by atoms with Crippen LogP contribution in [0.5, 0.6) is 0 Å². The summed E-state index contributed by atoms with van der Waals surface area (Å²) < 4.78 is 26.5. The first kappa shape index (κ1) is 8.57. The van der Waals surface area contributed by atoms with Crippen molar-refractivity contribution in [3.63, 3.8) is 0 Å². The van der Waals surface area contributed by atoms with Gasteiger partial charge in [0, 0.05) is 0 Å². The number of hydrogen-bond donors (Lipinski definition) is 0. The van der Waals surface area contributed by atoms with E-state index in [-0.39, 0.29) is 5.75 Å². The van der Waals surface area contributed by atoms with E-state index in [2.05, 4.69) is 10.1 Å². The fraction of sp³-hybridized carbons (Fsp3) is 0.714. The summed E-state index contributed by atoms with van der Waals surface area (Å²) in [7, 11) is -3.36. The van der Waals surface area contributed by atoms with E-state index >= 15 is 0 Å². The molecule has 1 rings (SSSR count). The van der Waals surface area contributed by atoms with E-state index in [0.717, 1.165) is 0 Å². The maximum Gasteiger partial charge on any atom is 0.269 e. The predicted octanol–water partition coefficient (Wildman–Crippen LogP) is 0.374. The summed E-state index contributed by atoms with van der Waals surface area (Å²) >= 11 is 0. The summed E-state index contributed by atoms with van der Waals surface area (Å²) in [6, 6.07) is 0. The first-order valence-electron chi connectivity index (χ1n) is 3.28. The van der Waals surface area contributed by atoms with Crippen molar-refractivity contribution in [2.75, 3.05) is 5.75 Å². The van der Waals surface area contributed by atoms with Gasteiger partial charge in [-0.2, -0.15) is 8.42 Å². The SMILES string of the molecule is C#CC1(C)CS(=O)(=O)OC1C. The second kappa shape index (κ2) is 2.23. The lowest BCUT2D eigenvalue weighted by Crippen LogP contribution is -2.25. The van der Waals surface area contributed by atoms with Crippen LogP contribution in [0.1, 0.15) is 13.8 Å². The molecule has 0 aromatic carbocycles. The van der Waals surface area contributed by atoms with E-state index in [9.17, 15) is 8.42 Å². The lowest BCUT2D eigenvalue weighted by Gasteiger charge is -2.16. The third kappa shape index (κ3) is 1.39. The van der Waals surface area contributed by atoms with Crippen LogP contribution in [0.25, 0.3) is 0 Å². The Labute approximate surface area is 66.9 Å². The van der Waals surface area contributed by atoms with Crippen LogP contribution < -0.4 is 0 Å². The van der Waals surface area contributed by atoms with Crippen molar-refractivity contribution < 1.29 is 12.6 Å². The second-order valence-electron chi connectivity index (χ2n) is 3.00. The van der Waals surface area contributed by atoms with Crippen molar-refractivity contribution in [1.82, 2.24) is 0 Å². The zero-order valence-electron chi connectivity index (χ0n) is 6.49. The van der Waals surface area contributed by atoms with E-state index in [1.165, 1.54) is 0 Å². The highest BCUT2D eigenvalue weighted by Crippen LogP contribution is 2.33. The molecular weight excluding hydrogens is 164 g/mol. The lowest BCUT2D eigenvalue weighted by atomic mass is 9.89. The van der Waals surface area contributed by atoms with Crippen LogP contribution in [0.3, 0.4) is 0 Å². The molecule has 0 radical (unpaired) electrons. The Morgan fingerprint density at radius 2 is 2.27 bits per heavy atom. The van der Waals surface area contributed by atoms with E-state index in [4.69, 9.17) is 6.42 Å². The van der Waals surface area contributed by atoms with Gasteiger partial charge in [-0.3, -0.25) is 4.18 Å². The molecule has 1 saturated heterocycles. The molecule has 1 aliphatic rings. The Morgan fingerprint density at radius 3 is 2.45 bits per heavy atom. The lowest BCUT2D eigenvalue weighted by molar-refractivity contribution is 0.181. The van der Waals surface area contributed by atoms with Crippen LogP contribution in [0.15, 0.2) is 0 Å². The molecule has 2 unspecified atom stereocenters. The van der Waals surface area contributed by atoms with Gasteiger partial charge in [-0.25, -0.2) is 0 Å². The van der Waals surface area contributed by atoms with Crippen LogP contribution in [-0.4, -0.2) is 20.3 Å². The molecule has 0 bridgehead atoms. The quantitative estimate of drug-likeness (QED) is 0.394. The average molecular weight is 174 g/mol. The third-order valence-corrected chi connectivity index (χ3v) is 3.53. The van der Waals surface area contributed by atoms with Crippen LogP contribution in [0.2, 0.25) is 0 Å². The summed E-state index contributed by atoms with van der Waals surface area (Å²) in [5, 5.41) is 0. The van der Waals surface area contributed by atoms with Gasteiger partial charge in [-0.05, 0) is 13.8 Å². The molecule has 4 heteroatoms. The van der Waals surface area contributed by atoms with Crippen molar-refractivity contribution >= 4 is 10.1 Å². The summed E-state index contributed by atoms with van der Waals surface area (Å²) in [5.74, 6) is 2.37. The predicted molar refractivity (Wildman–Crippen MR) is 41.3 cm³/mol. The van der Waals surface area contributed by atoms with E-state index < -0.39 is 21.6 Å². The molecule has 0 aliphatic carbocycles. The minimum absolute atomic E-state index is 0.0718. The molecule has 0 aromatic rings. The maximum atomic E-state index is 10.9. The van der Waals surface area contributed by atoms with Crippen molar-refractivity contribution in [3.05, 3.63) is 0 Å².